The van der Waals surface area contributed by atoms with E-state index >= 15 is 0 Å². The van der Waals surface area contributed by atoms with E-state index in [1.807, 2.05) is 79.2 Å². The number of amides is 2. The molecular weight excluding hydrogens is 496 g/mol. The Morgan fingerprint density at radius 2 is 1.63 bits per heavy atom. The number of carbonyl (C=O) groups excluding carboxylic acids is 2. The molecule has 0 aliphatic carbocycles. The number of fused-ring (bicyclic) bond motifs is 1. The molecule has 0 radical (unpaired) electrons. The first-order valence-electron chi connectivity index (χ1n) is 12.5. The zero-order valence-electron chi connectivity index (χ0n) is 21.2. The maximum absolute atomic E-state index is 12.8. The van der Waals surface area contributed by atoms with Crippen molar-refractivity contribution in [1.82, 2.24) is 24.6 Å². The predicted octanol–water partition coefficient (Wildman–Crippen LogP) is 5.63. The lowest BCUT2D eigenvalue weighted by molar-refractivity contribution is -0.113. The molecule has 0 unspecified atom stereocenters. The number of carbonyl (C=O) groups is 2. The van der Waals surface area contributed by atoms with Gasteiger partial charge in [-0.1, -0.05) is 48.2 Å². The first-order valence-corrected chi connectivity index (χ1v) is 13.5. The van der Waals surface area contributed by atoms with Gasteiger partial charge >= 0.3 is 0 Å². The summed E-state index contributed by atoms with van der Waals surface area (Å²) in [7, 11) is 0. The minimum absolute atomic E-state index is 0.0188. The summed E-state index contributed by atoms with van der Waals surface area (Å²) >= 11 is 1.32. The topological polar surface area (TPSA) is 95.9 Å². The van der Waals surface area contributed by atoms with Crippen LogP contribution in [0, 0.1) is 0 Å². The molecule has 3 aromatic carbocycles. The van der Waals surface area contributed by atoms with Gasteiger partial charge in [-0.05, 0) is 56.3 Å². The van der Waals surface area contributed by atoms with Crippen LogP contribution in [-0.4, -0.2) is 55.3 Å². The number of nitrogens with zero attached hydrogens (tertiary/aromatic N) is 4. The van der Waals surface area contributed by atoms with Crippen LogP contribution in [0.4, 0.5) is 5.69 Å². The van der Waals surface area contributed by atoms with Crippen molar-refractivity contribution >= 4 is 40.2 Å². The fraction of sp³-hybridized carbons (Fsp3) is 0.172. The summed E-state index contributed by atoms with van der Waals surface area (Å²) in [5.41, 5.74) is 4.10. The smallest absolute Gasteiger partial charge is 0.253 e. The number of aromatic amines is 1. The Balaban J connectivity index is 1.33. The molecule has 0 saturated carbocycles. The summed E-state index contributed by atoms with van der Waals surface area (Å²) in [6.45, 7) is 5.22. The lowest BCUT2D eigenvalue weighted by Crippen LogP contribution is -2.30. The number of rotatable bonds is 9. The molecule has 0 bridgehead atoms. The van der Waals surface area contributed by atoms with Crippen molar-refractivity contribution in [3.63, 3.8) is 0 Å². The Morgan fingerprint density at radius 1 is 0.921 bits per heavy atom. The minimum Gasteiger partial charge on any atom is -0.360 e. The number of anilines is 1. The third-order valence-electron chi connectivity index (χ3n) is 6.28. The molecule has 5 aromatic rings. The lowest BCUT2D eigenvalue weighted by atomic mass is 10.1. The molecule has 5 rings (SSSR count). The number of aromatic nitrogens is 4. The van der Waals surface area contributed by atoms with Crippen LogP contribution in [0.2, 0.25) is 0 Å². The molecular formula is C29H28N6O2S. The van der Waals surface area contributed by atoms with Crippen molar-refractivity contribution in [2.45, 2.75) is 19.0 Å². The second-order valence-electron chi connectivity index (χ2n) is 8.62. The maximum atomic E-state index is 12.8. The van der Waals surface area contributed by atoms with Gasteiger partial charge in [0, 0.05) is 52.7 Å². The van der Waals surface area contributed by atoms with E-state index in [0.717, 1.165) is 22.2 Å². The second-order valence-corrected chi connectivity index (χ2v) is 9.56. The molecule has 192 valence electrons. The molecule has 0 fully saturated rings. The third-order valence-corrected chi connectivity index (χ3v) is 7.21. The van der Waals surface area contributed by atoms with Gasteiger partial charge in [0.05, 0.1) is 5.75 Å². The average molecular weight is 525 g/mol. The van der Waals surface area contributed by atoms with Crippen LogP contribution in [0.3, 0.4) is 0 Å². The molecule has 8 nitrogen and oxygen atoms in total. The molecule has 2 amide bonds. The molecule has 0 aliphatic heterocycles. The molecule has 0 saturated heterocycles. The summed E-state index contributed by atoms with van der Waals surface area (Å²) in [4.78, 5) is 30.4. The summed E-state index contributed by atoms with van der Waals surface area (Å²) < 4.78 is 1.97. The highest BCUT2D eigenvalue weighted by molar-refractivity contribution is 7.99. The summed E-state index contributed by atoms with van der Waals surface area (Å²) in [6, 6.07) is 24.9. The fourth-order valence-electron chi connectivity index (χ4n) is 4.32. The van der Waals surface area contributed by atoms with Gasteiger partial charge in [-0.2, -0.15) is 0 Å². The highest BCUT2D eigenvalue weighted by atomic mass is 32.2. The van der Waals surface area contributed by atoms with Gasteiger partial charge in [-0.3, -0.25) is 14.2 Å². The first-order chi connectivity index (χ1) is 18.6. The largest absolute Gasteiger partial charge is 0.360 e. The van der Waals surface area contributed by atoms with Crippen molar-refractivity contribution in [3.8, 4) is 17.1 Å². The molecule has 2 aromatic heterocycles. The molecule has 0 atom stereocenters. The minimum atomic E-state index is -0.172. The Bertz CT molecular complexity index is 1560. The van der Waals surface area contributed by atoms with Crippen molar-refractivity contribution in [1.29, 1.82) is 0 Å². The predicted molar refractivity (Wildman–Crippen MR) is 152 cm³/mol. The number of nitrogens with one attached hydrogen (secondary N) is 2. The van der Waals surface area contributed by atoms with E-state index in [1.54, 1.807) is 29.2 Å². The average Bonchev–Trinajstić information content (AvgIpc) is 3.57. The SMILES string of the molecule is CCN(CC)C(=O)c1ccc(NC(=O)CSc2nnc(-c3c[nH]c4ccccc34)n2-c2ccccc2)cc1. The van der Waals surface area contributed by atoms with Crippen molar-refractivity contribution in [2.75, 3.05) is 24.2 Å². The summed E-state index contributed by atoms with van der Waals surface area (Å²) in [5.74, 6) is 0.660. The van der Waals surface area contributed by atoms with Gasteiger partial charge < -0.3 is 15.2 Å². The third kappa shape index (κ3) is 5.19. The van der Waals surface area contributed by atoms with Crippen LogP contribution in [0.5, 0.6) is 0 Å². The first kappa shape index (κ1) is 25.3. The van der Waals surface area contributed by atoms with E-state index < -0.39 is 0 Å². The van der Waals surface area contributed by atoms with Crippen molar-refractivity contribution in [2.24, 2.45) is 0 Å². The van der Waals surface area contributed by atoms with E-state index in [-0.39, 0.29) is 17.6 Å². The Hall–Kier alpha value is -4.37. The van der Waals surface area contributed by atoms with E-state index in [2.05, 4.69) is 20.5 Å². The van der Waals surface area contributed by atoms with Crippen molar-refractivity contribution in [3.05, 3.63) is 90.6 Å². The van der Waals surface area contributed by atoms with Crippen LogP contribution < -0.4 is 5.32 Å². The van der Waals surface area contributed by atoms with E-state index in [4.69, 9.17) is 0 Å². The van der Waals surface area contributed by atoms with Gasteiger partial charge in [-0.15, -0.1) is 10.2 Å². The fourth-order valence-corrected chi connectivity index (χ4v) is 5.07. The summed E-state index contributed by atoms with van der Waals surface area (Å²) in [6.07, 6.45) is 1.93. The number of thioether (sulfide) groups is 1. The monoisotopic (exact) mass is 524 g/mol. The number of hydrogen-bond acceptors (Lipinski definition) is 5. The molecule has 2 N–H and O–H groups in total. The van der Waals surface area contributed by atoms with Gasteiger partial charge in [0.1, 0.15) is 0 Å². The number of H-pyrrole nitrogens is 1. The Labute approximate surface area is 225 Å². The highest BCUT2D eigenvalue weighted by Crippen LogP contribution is 2.32. The summed E-state index contributed by atoms with van der Waals surface area (Å²) in [5, 5.41) is 13.5. The van der Waals surface area contributed by atoms with Crippen LogP contribution in [0.25, 0.3) is 28.0 Å². The normalized spacial score (nSPS) is 11.0. The Kier molecular flexibility index (Phi) is 7.55. The standard InChI is InChI=1S/C29H28N6O2S/c1-3-34(4-2)28(37)20-14-16-21(17-15-20)31-26(36)19-38-29-33-32-27(35(29)22-10-6-5-7-11-22)24-18-30-25-13-9-8-12-23(24)25/h5-18,30H,3-4,19H2,1-2H3,(H,31,36). The van der Waals surface area contributed by atoms with E-state index in [1.165, 1.54) is 11.8 Å². The number of para-hydroxylation sites is 2. The van der Waals surface area contributed by atoms with Gasteiger partial charge in [0.25, 0.3) is 5.91 Å². The zero-order chi connectivity index (χ0) is 26.5. The molecule has 9 heteroatoms. The number of hydrogen-bond donors (Lipinski definition) is 2. The molecule has 0 aliphatic rings. The van der Waals surface area contributed by atoms with Crippen LogP contribution >= 0.6 is 11.8 Å². The molecule has 38 heavy (non-hydrogen) atoms. The lowest BCUT2D eigenvalue weighted by Gasteiger charge is -2.18. The van der Waals surface area contributed by atoms with Crippen LogP contribution in [-0.2, 0) is 4.79 Å². The van der Waals surface area contributed by atoms with Gasteiger partial charge in [0.15, 0.2) is 11.0 Å². The zero-order valence-corrected chi connectivity index (χ0v) is 22.0. The highest BCUT2D eigenvalue weighted by Gasteiger charge is 2.20. The van der Waals surface area contributed by atoms with Gasteiger partial charge in [-0.25, -0.2) is 0 Å². The Morgan fingerprint density at radius 3 is 2.37 bits per heavy atom. The quantitative estimate of drug-likeness (QED) is 0.244. The van der Waals surface area contributed by atoms with E-state index in [0.29, 0.717) is 35.3 Å². The van der Waals surface area contributed by atoms with Crippen LogP contribution in [0.15, 0.2) is 90.2 Å². The van der Waals surface area contributed by atoms with Crippen LogP contribution in [0.1, 0.15) is 24.2 Å². The maximum Gasteiger partial charge on any atom is 0.253 e. The van der Waals surface area contributed by atoms with Crippen molar-refractivity contribution < 1.29 is 9.59 Å². The van der Waals surface area contributed by atoms with E-state index in [9.17, 15) is 9.59 Å². The number of benzene rings is 3. The van der Waals surface area contributed by atoms with Gasteiger partial charge in [0.2, 0.25) is 5.91 Å². The molecule has 0 spiro atoms. The molecule has 2 heterocycles. The second kappa shape index (κ2) is 11.4.